The van der Waals surface area contributed by atoms with E-state index in [4.69, 9.17) is 10.5 Å². The fraction of sp³-hybridized carbons (Fsp3) is 0.130. The normalized spacial score (nSPS) is 9.61. The van der Waals surface area contributed by atoms with Gasteiger partial charge in [-0.15, -0.1) is 0 Å². The third-order valence-electron chi connectivity index (χ3n) is 3.83. The van der Waals surface area contributed by atoms with E-state index in [-0.39, 0.29) is 19.0 Å². The van der Waals surface area contributed by atoms with Gasteiger partial charge in [0.25, 0.3) is 5.91 Å². The second-order valence-electron chi connectivity index (χ2n) is 6.00. The summed E-state index contributed by atoms with van der Waals surface area (Å²) in [4.78, 5) is 25.2. The first-order valence-electron chi connectivity index (χ1n) is 8.85. The van der Waals surface area contributed by atoms with Crippen molar-refractivity contribution in [2.75, 3.05) is 13.7 Å². The zero-order valence-corrected chi connectivity index (χ0v) is 15.8. The lowest BCUT2D eigenvalue weighted by Gasteiger charge is -2.21. The third kappa shape index (κ3) is 6.96. The molecule has 0 aliphatic carbocycles. The van der Waals surface area contributed by atoms with Crippen molar-refractivity contribution in [2.24, 2.45) is 5.73 Å². The number of carbonyl (C=O) groups is 2. The van der Waals surface area contributed by atoms with Crippen molar-refractivity contribution in [1.82, 2.24) is 4.90 Å². The summed E-state index contributed by atoms with van der Waals surface area (Å²) in [6.07, 6.45) is 0. The molecule has 5 nitrogen and oxygen atoms in total. The summed E-state index contributed by atoms with van der Waals surface area (Å²) in [5, 5.41) is 0. The van der Waals surface area contributed by atoms with Crippen LogP contribution < -0.4 is 10.5 Å². The maximum atomic E-state index is 12.5. The van der Waals surface area contributed by atoms with Crippen molar-refractivity contribution in [3.63, 3.8) is 0 Å². The number of ether oxygens (including phenoxy) is 1. The van der Waals surface area contributed by atoms with Gasteiger partial charge < -0.3 is 15.4 Å². The highest BCUT2D eigenvalue weighted by Crippen LogP contribution is 2.15. The number of primary amides is 1. The highest BCUT2D eigenvalue weighted by atomic mass is 16.5. The van der Waals surface area contributed by atoms with E-state index < -0.39 is 5.91 Å². The number of nitrogens with two attached hydrogens (primary N) is 1. The number of benzene rings is 3. The lowest BCUT2D eigenvalue weighted by atomic mass is 10.1. The van der Waals surface area contributed by atoms with Crippen LogP contribution in [-0.4, -0.2) is 30.4 Å². The standard InChI is InChI=1S/C17H18N2O3.C6H6/c1-22-15-9-5-6-13(10-15)11-19(12-16(18)20)17(21)14-7-3-2-4-8-14;1-2-4-6-5-3-1/h2-10H,11-12H2,1H3,(H2,18,20);1-6H. The van der Waals surface area contributed by atoms with Gasteiger partial charge in [-0.25, -0.2) is 0 Å². The fourth-order valence-corrected chi connectivity index (χ4v) is 2.53. The van der Waals surface area contributed by atoms with Crippen LogP contribution >= 0.6 is 0 Å². The largest absolute Gasteiger partial charge is 0.497 e. The molecule has 0 bridgehead atoms. The Kier molecular flexibility index (Phi) is 8.27. The van der Waals surface area contributed by atoms with Crippen LogP contribution in [0.5, 0.6) is 5.75 Å². The molecule has 0 saturated carbocycles. The molecular formula is C23H24N2O3. The van der Waals surface area contributed by atoms with Gasteiger partial charge in [-0.3, -0.25) is 9.59 Å². The topological polar surface area (TPSA) is 72.6 Å². The zero-order chi connectivity index (χ0) is 20.2. The monoisotopic (exact) mass is 376 g/mol. The molecule has 0 heterocycles. The van der Waals surface area contributed by atoms with Crippen LogP contribution in [0.2, 0.25) is 0 Å². The molecule has 0 saturated heterocycles. The Morgan fingerprint density at radius 2 is 1.43 bits per heavy atom. The molecule has 0 atom stereocenters. The molecule has 0 aliphatic heterocycles. The Morgan fingerprint density at radius 1 is 0.857 bits per heavy atom. The Bertz CT molecular complexity index is 841. The lowest BCUT2D eigenvalue weighted by molar-refractivity contribution is -0.118. The average Bonchev–Trinajstić information content (AvgIpc) is 2.75. The van der Waals surface area contributed by atoms with Crippen molar-refractivity contribution in [3.05, 3.63) is 102 Å². The summed E-state index contributed by atoms with van der Waals surface area (Å²) in [5.74, 6) is -0.0851. The summed E-state index contributed by atoms with van der Waals surface area (Å²) in [6, 6.07) is 28.2. The van der Waals surface area contributed by atoms with E-state index in [1.54, 1.807) is 31.4 Å². The van der Waals surface area contributed by atoms with Gasteiger partial charge in [-0.2, -0.15) is 0 Å². The number of methoxy groups -OCH3 is 1. The van der Waals surface area contributed by atoms with Crippen LogP contribution in [0, 0.1) is 0 Å². The van der Waals surface area contributed by atoms with Crippen molar-refractivity contribution < 1.29 is 14.3 Å². The zero-order valence-electron chi connectivity index (χ0n) is 15.8. The molecule has 0 aromatic heterocycles. The summed E-state index contributed by atoms with van der Waals surface area (Å²) in [6.45, 7) is 0.152. The smallest absolute Gasteiger partial charge is 0.254 e. The maximum absolute atomic E-state index is 12.5. The summed E-state index contributed by atoms with van der Waals surface area (Å²) < 4.78 is 5.17. The predicted octanol–water partition coefficient (Wildman–Crippen LogP) is 3.51. The second-order valence-corrected chi connectivity index (χ2v) is 6.00. The highest BCUT2D eigenvalue weighted by molar-refractivity contribution is 5.96. The van der Waals surface area contributed by atoms with Crippen LogP contribution in [0.25, 0.3) is 0 Å². The second kappa shape index (κ2) is 11.2. The van der Waals surface area contributed by atoms with E-state index in [2.05, 4.69) is 0 Å². The molecule has 0 radical (unpaired) electrons. The molecule has 3 aromatic carbocycles. The van der Waals surface area contributed by atoms with Crippen molar-refractivity contribution in [3.8, 4) is 5.75 Å². The number of rotatable bonds is 6. The number of carbonyl (C=O) groups excluding carboxylic acids is 2. The summed E-state index contributed by atoms with van der Waals surface area (Å²) in [5.41, 5.74) is 6.65. The number of nitrogens with zero attached hydrogens (tertiary/aromatic N) is 1. The van der Waals surface area contributed by atoms with Crippen LogP contribution in [0.1, 0.15) is 15.9 Å². The predicted molar refractivity (Wildman–Crippen MR) is 110 cm³/mol. The van der Waals surface area contributed by atoms with E-state index in [9.17, 15) is 9.59 Å². The first-order chi connectivity index (χ1) is 13.6. The first-order valence-corrected chi connectivity index (χ1v) is 8.85. The Hall–Kier alpha value is -3.60. The van der Waals surface area contributed by atoms with Gasteiger partial charge in [0, 0.05) is 12.1 Å². The third-order valence-corrected chi connectivity index (χ3v) is 3.83. The molecule has 0 spiro atoms. The van der Waals surface area contributed by atoms with Crippen molar-refractivity contribution in [2.45, 2.75) is 6.54 Å². The Morgan fingerprint density at radius 3 is 1.96 bits per heavy atom. The SMILES string of the molecule is COc1cccc(CN(CC(N)=O)C(=O)c2ccccc2)c1.c1ccccc1. The number of amides is 2. The average molecular weight is 376 g/mol. The highest BCUT2D eigenvalue weighted by Gasteiger charge is 2.18. The van der Waals surface area contributed by atoms with E-state index in [0.29, 0.717) is 11.3 Å². The van der Waals surface area contributed by atoms with E-state index >= 15 is 0 Å². The summed E-state index contributed by atoms with van der Waals surface area (Å²) >= 11 is 0. The van der Waals surface area contributed by atoms with Crippen LogP contribution in [0.4, 0.5) is 0 Å². The van der Waals surface area contributed by atoms with Crippen LogP contribution in [0.15, 0.2) is 91.0 Å². The lowest BCUT2D eigenvalue weighted by Crippen LogP contribution is -2.38. The van der Waals surface area contributed by atoms with Crippen molar-refractivity contribution >= 4 is 11.8 Å². The molecule has 0 aliphatic rings. The minimum absolute atomic E-state index is 0.134. The fourth-order valence-electron chi connectivity index (χ4n) is 2.53. The quantitative estimate of drug-likeness (QED) is 0.715. The number of hydrogen-bond donors (Lipinski definition) is 1. The molecule has 0 fully saturated rings. The van der Waals surface area contributed by atoms with Crippen molar-refractivity contribution in [1.29, 1.82) is 0 Å². The molecule has 5 heteroatoms. The first kappa shape index (κ1) is 20.7. The van der Waals surface area contributed by atoms with Gasteiger partial charge >= 0.3 is 0 Å². The molecule has 28 heavy (non-hydrogen) atoms. The molecule has 3 aromatic rings. The molecule has 3 rings (SSSR count). The van der Waals surface area contributed by atoms with Crippen LogP contribution in [-0.2, 0) is 11.3 Å². The van der Waals surface area contributed by atoms with E-state index in [0.717, 1.165) is 5.56 Å². The van der Waals surface area contributed by atoms with Gasteiger partial charge in [0.15, 0.2) is 0 Å². The Labute approximate surface area is 165 Å². The molecule has 144 valence electrons. The molecule has 2 N–H and O–H groups in total. The van der Waals surface area contributed by atoms with E-state index in [1.165, 1.54) is 4.90 Å². The minimum atomic E-state index is -0.549. The van der Waals surface area contributed by atoms with E-state index in [1.807, 2.05) is 66.7 Å². The summed E-state index contributed by atoms with van der Waals surface area (Å²) in [7, 11) is 1.58. The molecule has 0 unspecified atom stereocenters. The van der Waals surface area contributed by atoms with Crippen LogP contribution in [0.3, 0.4) is 0 Å². The van der Waals surface area contributed by atoms with Gasteiger partial charge in [-0.1, -0.05) is 66.7 Å². The van der Waals surface area contributed by atoms with Gasteiger partial charge in [0.1, 0.15) is 5.75 Å². The Balaban J connectivity index is 0.000000397. The number of hydrogen-bond acceptors (Lipinski definition) is 3. The molecule has 2 amide bonds. The van der Waals surface area contributed by atoms with Gasteiger partial charge in [0.2, 0.25) is 5.91 Å². The van der Waals surface area contributed by atoms with Gasteiger partial charge in [0.05, 0.1) is 13.7 Å². The molecular weight excluding hydrogens is 352 g/mol. The maximum Gasteiger partial charge on any atom is 0.254 e. The van der Waals surface area contributed by atoms with Gasteiger partial charge in [-0.05, 0) is 29.8 Å². The minimum Gasteiger partial charge on any atom is -0.497 e.